The lowest BCUT2D eigenvalue weighted by Gasteiger charge is -2.47. The monoisotopic (exact) mass is 782 g/mol. The Morgan fingerprint density at radius 1 is 0.509 bits per heavy atom. The van der Waals surface area contributed by atoms with E-state index in [4.69, 9.17) is 52.1 Å². The summed E-state index contributed by atoms with van der Waals surface area (Å²) < 4.78 is 72.8. The number of hydrogen-bond donors (Lipinski definition) is 0. The maximum absolute atomic E-state index is 7.14. The van der Waals surface area contributed by atoms with Crippen molar-refractivity contribution in [1.82, 2.24) is 0 Å². The van der Waals surface area contributed by atoms with E-state index in [1.165, 1.54) is 0 Å². The highest BCUT2D eigenvalue weighted by Gasteiger charge is 2.61. The first-order valence-electron chi connectivity index (χ1n) is 19.9. The van der Waals surface area contributed by atoms with Gasteiger partial charge in [0.1, 0.15) is 48.8 Å². The molecule has 4 fully saturated rings. The van der Waals surface area contributed by atoms with Crippen molar-refractivity contribution in [1.29, 1.82) is 0 Å². The Kier molecular flexibility index (Phi) is 12.8. The predicted octanol–water partition coefficient (Wildman–Crippen LogP) is 7.10. The average Bonchev–Trinajstić information content (AvgIpc) is 3.85. The molecule has 0 unspecified atom stereocenters. The van der Waals surface area contributed by atoms with Crippen molar-refractivity contribution in [3.8, 4) is 0 Å². The third kappa shape index (κ3) is 10.2. The Bertz CT molecular complexity index is 1810. The van der Waals surface area contributed by atoms with Gasteiger partial charge >= 0.3 is 0 Å². The molecule has 0 radical (unpaired) electrons. The lowest BCUT2D eigenvalue weighted by Crippen LogP contribution is -2.63. The van der Waals surface area contributed by atoms with Crippen LogP contribution < -0.4 is 0 Å². The van der Waals surface area contributed by atoms with Crippen molar-refractivity contribution in [2.24, 2.45) is 0 Å². The molecule has 0 aliphatic carbocycles. The molecule has 10 atom stereocenters. The highest BCUT2D eigenvalue weighted by Crippen LogP contribution is 2.44. The summed E-state index contributed by atoms with van der Waals surface area (Å²) in [4.78, 5) is 0. The molecular weight excluding hydrogens is 728 g/mol. The van der Waals surface area contributed by atoms with Crippen molar-refractivity contribution < 1.29 is 52.1 Å². The molecule has 4 aliphatic rings. The molecule has 11 nitrogen and oxygen atoms in total. The number of hydrogen-bond acceptors (Lipinski definition) is 11. The third-order valence-corrected chi connectivity index (χ3v) is 10.6. The Morgan fingerprint density at radius 3 is 1.54 bits per heavy atom. The van der Waals surface area contributed by atoms with Gasteiger partial charge < -0.3 is 52.1 Å². The number of rotatable bonds is 16. The highest BCUT2D eigenvalue weighted by molar-refractivity contribution is 5.16. The van der Waals surface area contributed by atoms with Crippen LogP contribution in [0.5, 0.6) is 0 Å². The second kappa shape index (κ2) is 18.1. The Hall–Kier alpha value is -3.56. The molecule has 0 aromatic heterocycles. The Morgan fingerprint density at radius 2 is 1.02 bits per heavy atom. The molecule has 4 saturated heterocycles. The van der Waals surface area contributed by atoms with E-state index in [1.807, 2.05) is 149 Å². The normalized spacial score (nSPS) is 31.6. The van der Waals surface area contributed by atoms with Gasteiger partial charge in [0.05, 0.1) is 39.6 Å². The smallest absolute Gasteiger partial charge is 0.190 e. The number of fused-ring (bicyclic) bond motifs is 1. The standard InChI is InChI=1S/C46H54O11/c1-45(2)51-30-36(55-45)38-40(42-44(53-38)57-46(3,4)56-42)54-43-41(50-28-34-23-15-8-16-24-34)39(49-27-33-21-13-7-14-22-33)37(48-26-32-19-11-6-12-20-32)35(52-43)29-47-25-31-17-9-5-10-18-31/h5-24,35-44H,25-30H2,1-4H3/t35-,36-,37-,38-,39+,40-,41-,42-,43-,44-/m1/s1. The molecular formula is C46H54O11. The molecule has 4 aliphatic heterocycles. The first-order valence-corrected chi connectivity index (χ1v) is 19.9. The molecule has 4 aromatic rings. The summed E-state index contributed by atoms with van der Waals surface area (Å²) in [7, 11) is 0. The van der Waals surface area contributed by atoms with E-state index in [9.17, 15) is 0 Å². The third-order valence-electron chi connectivity index (χ3n) is 10.6. The van der Waals surface area contributed by atoms with E-state index >= 15 is 0 Å². The van der Waals surface area contributed by atoms with Gasteiger partial charge in [0.25, 0.3) is 0 Å². The maximum Gasteiger partial charge on any atom is 0.190 e. The first kappa shape index (κ1) is 40.2. The van der Waals surface area contributed by atoms with Gasteiger partial charge in [-0.1, -0.05) is 121 Å². The van der Waals surface area contributed by atoms with Crippen LogP contribution in [0.3, 0.4) is 0 Å². The van der Waals surface area contributed by atoms with Crippen LogP contribution in [0.25, 0.3) is 0 Å². The summed E-state index contributed by atoms with van der Waals surface area (Å²) in [5.74, 6) is -1.68. The van der Waals surface area contributed by atoms with Gasteiger partial charge in [-0.05, 0) is 49.9 Å². The fourth-order valence-corrected chi connectivity index (χ4v) is 7.85. The first-order chi connectivity index (χ1) is 27.7. The topological polar surface area (TPSA) is 102 Å². The van der Waals surface area contributed by atoms with Gasteiger partial charge in [-0.2, -0.15) is 0 Å². The minimum Gasteiger partial charge on any atom is -0.374 e. The van der Waals surface area contributed by atoms with Crippen LogP contribution in [-0.4, -0.2) is 86.2 Å². The minimum absolute atomic E-state index is 0.196. The summed E-state index contributed by atoms with van der Waals surface area (Å²) in [6, 6.07) is 40.2. The van der Waals surface area contributed by atoms with Crippen molar-refractivity contribution in [2.45, 2.75) is 127 Å². The molecule has 0 spiro atoms. The largest absolute Gasteiger partial charge is 0.374 e. The van der Waals surface area contributed by atoms with Crippen LogP contribution in [0.4, 0.5) is 0 Å². The molecule has 4 heterocycles. The molecule has 0 saturated carbocycles. The van der Waals surface area contributed by atoms with Crippen molar-refractivity contribution in [3.63, 3.8) is 0 Å². The SMILES string of the molecule is CC1(C)O[C@H]2O[C@H]([C@H]3COC(C)(C)O3)[C@@H](O[C@H]3O[C@H](COCc4ccccc4)[C@@H](OCc4ccccc4)[C@H](OCc4ccccc4)[C@H]3OCc3ccccc3)[C@H]2O1. The maximum atomic E-state index is 7.14. The van der Waals surface area contributed by atoms with E-state index in [0.717, 1.165) is 22.3 Å². The quantitative estimate of drug-likeness (QED) is 0.116. The molecule has 0 N–H and O–H groups in total. The molecule has 0 amide bonds. The second-order valence-corrected chi connectivity index (χ2v) is 15.9. The molecule has 304 valence electrons. The molecule has 11 heteroatoms. The van der Waals surface area contributed by atoms with Crippen LogP contribution in [0.15, 0.2) is 121 Å². The van der Waals surface area contributed by atoms with E-state index < -0.39 is 73.0 Å². The van der Waals surface area contributed by atoms with Gasteiger partial charge in [0.15, 0.2) is 24.2 Å². The second-order valence-electron chi connectivity index (χ2n) is 15.9. The molecule has 4 aromatic carbocycles. The van der Waals surface area contributed by atoms with E-state index in [-0.39, 0.29) is 13.2 Å². The summed E-state index contributed by atoms with van der Waals surface area (Å²) in [6.45, 7) is 9.30. The van der Waals surface area contributed by atoms with E-state index in [1.54, 1.807) is 0 Å². The van der Waals surface area contributed by atoms with Crippen LogP contribution in [-0.2, 0) is 78.5 Å². The zero-order valence-electron chi connectivity index (χ0n) is 33.1. The van der Waals surface area contributed by atoms with E-state index in [2.05, 4.69) is 0 Å². The zero-order valence-corrected chi connectivity index (χ0v) is 33.1. The van der Waals surface area contributed by atoms with Crippen molar-refractivity contribution >= 4 is 0 Å². The Labute approximate surface area is 335 Å². The van der Waals surface area contributed by atoms with Gasteiger partial charge in [0.2, 0.25) is 0 Å². The van der Waals surface area contributed by atoms with Crippen molar-refractivity contribution in [2.75, 3.05) is 13.2 Å². The van der Waals surface area contributed by atoms with Crippen LogP contribution in [0.2, 0.25) is 0 Å². The van der Waals surface area contributed by atoms with E-state index in [0.29, 0.717) is 26.4 Å². The molecule has 8 rings (SSSR count). The van der Waals surface area contributed by atoms with Crippen LogP contribution in [0.1, 0.15) is 49.9 Å². The van der Waals surface area contributed by atoms with Gasteiger partial charge in [0, 0.05) is 0 Å². The lowest BCUT2D eigenvalue weighted by atomic mass is 9.97. The van der Waals surface area contributed by atoms with Crippen molar-refractivity contribution in [3.05, 3.63) is 144 Å². The zero-order chi connectivity index (χ0) is 39.2. The fraction of sp³-hybridized carbons (Fsp3) is 0.478. The minimum atomic E-state index is -0.978. The number of ether oxygens (including phenoxy) is 11. The highest BCUT2D eigenvalue weighted by atomic mass is 16.9. The summed E-state index contributed by atoms with van der Waals surface area (Å²) in [5, 5.41) is 0. The average molecular weight is 783 g/mol. The number of benzene rings is 4. The van der Waals surface area contributed by atoms with Gasteiger partial charge in [-0.3, -0.25) is 0 Å². The summed E-state index contributed by atoms with van der Waals surface area (Å²) >= 11 is 0. The summed E-state index contributed by atoms with van der Waals surface area (Å²) in [6.07, 6.45) is -6.67. The Balaban J connectivity index is 1.14. The fourth-order valence-electron chi connectivity index (χ4n) is 7.85. The molecule has 57 heavy (non-hydrogen) atoms. The summed E-state index contributed by atoms with van der Waals surface area (Å²) in [5.41, 5.74) is 4.06. The molecule has 0 bridgehead atoms. The van der Waals surface area contributed by atoms with Crippen LogP contribution >= 0.6 is 0 Å². The van der Waals surface area contributed by atoms with Gasteiger partial charge in [-0.25, -0.2) is 0 Å². The predicted molar refractivity (Wildman–Crippen MR) is 208 cm³/mol. The lowest BCUT2D eigenvalue weighted by molar-refractivity contribution is -0.345. The van der Waals surface area contributed by atoms with Crippen LogP contribution in [0, 0.1) is 0 Å². The van der Waals surface area contributed by atoms with Gasteiger partial charge in [-0.15, -0.1) is 0 Å².